The smallest absolute Gasteiger partial charge is 0.227 e. The largest absolute Gasteiger partial charge is 0.390 e. The Balaban J connectivity index is 1.79. The summed E-state index contributed by atoms with van der Waals surface area (Å²) in [6, 6.07) is -0.379. The van der Waals surface area contributed by atoms with Crippen LogP contribution in [-0.2, 0) is 11.2 Å². The van der Waals surface area contributed by atoms with Gasteiger partial charge < -0.3 is 20.1 Å². The van der Waals surface area contributed by atoms with Crippen molar-refractivity contribution in [3.8, 4) is 0 Å². The molecule has 3 N–H and O–H groups in total. The lowest BCUT2D eigenvalue weighted by atomic mass is 9.90. The number of aromatic nitrogens is 2. The van der Waals surface area contributed by atoms with Crippen molar-refractivity contribution < 1.29 is 19.5 Å². The number of rotatable bonds is 5. The van der Waals surface area contributed by atoms with E-state index in [1.807, 2.05) is 13.8 Å². The first kappa shape index (κ1) is 15.9. The Labute approximate surface area is 123 Å². The van der Waals surface area contributed by atoms with Gasteiger partial charge >= 0.3 is 0 Å². The molecule has 1 aliphatic carbocycles. The SMILES string of the molecule is CC(C)c1noc(CCC(=O)N[C@@H]2CCC[C@@H](O)[C@@H]2O)n1. The Hall–Kier alpha value is -1.47. The number of hydrogen-bond acceptors (Lipinski definition) is 6. The maximum Gasteiger partial charge on any atom is 0.227 e. The highest BCUT2D eigenvalue weighted by molar-refractivity contribution is 5.76. The van der Waals surface area contributed by atoms with Crippen LogP contribution in [0.1, 0.15) is 57.2 Å². The zero-order valence-electron chi connectivity index (χ0n) is 12.5. The van der Waals surface area contributed by atoms with Crippen LogP contribution in [0.5, 0.6) is 0 Å². The molecule has 1 fully saturated rings. The maximum atomic E-state index is 11.9. The van der Waals surface area contributed by atoms with Crippen molar-refractivity contribution in [2.24, 2.45) is 0 Å². The van der Waals surface area contributed by atoms with Crippen LogP contribution in [0.15, 0.2) is 4.52 Å². The van der Waals surface area contributed by atoms with E-state index in [2.05, 4.69) is 15.5 Å². The molecule has 0 unspecified atom stereocenters. The molecule has 118 valence electrons. The minimum absolute atomic E-state index is 0.183. The summed E-state index contributed by atoms with van der Waals surface area (Å²) < 4.78 is 5.07. The van der Waals surface area contributed by atoms with Crippen LogP contribution in [0.4, 0.5) is 0 Å². The number of carbonyl (C=O) groups is 1. The molecule has 0 saturated heterocycles. The second-order valence-electron chi connectivity index (χ2n) is 5.86. The van der Waals surface area contributed by atoms with Gasteiger partial charge in [-0.3, -0.25) is 4.79 Å². The van der Waals surface area contributed by atoms with Gasteiger partial charge in [-0.2, -0.15) is 4.98 Å². The molecule has 0 radical (unpaired) electrons. The van der Waals surface area contributed by atoms with Crippen molar-refractivity contribution in [1.29, 1.82) is 0 Å². The molecule has 3 atom stereocenters. The van der Waals surface area contributed by atoms with Crippen molar-refractivity contribution in [2.75, 3.05) is 0 Å². The van der Waals surface area contributed by atoms with Crippen LogP contribution in [0.2, 0.25) is 0 Å². The van der Waals surface area contributed by atoms with Gasteiger partial charge in [-0.1, -0.05) is 19.0 Å². The number of nitrogens with zero attached hydrogens (tertiary/aromatic N) is 2. The van der Waals surface area contributed by atoms with Gasteiger partial charge in [-0.25, -0.2) is 0 Å². The average Bonchev–Trinajstić information content (AvgIpc) is 2.91. The molecular formula is C14H23N3O4. The maximum absolute atomic E-state index is 11.9. The van der Waals surface area contributed by atoms with Gasteiger partial charge in [-0.05, 0) is 19.3 Å². The number of aliphatic hydroxyl groups excluding tert-OH is 2. The lowest BCUT2D eigenvalue weighted by molar-refractivity contribution is -0.124. The van der Waals surface area contributed by atoms with Gasteiger partial charge in [-0.15, -0.1) is 0 Å². The van der Waals surface area contributed by atoms with E-state index in [0.717, 1.165) is 6.42 Å². The van der Waals surface area contributed by atoms with Crippen LogP contribution in [-0.4, -0.2) is 44.5 Å². The van der Waals surface area contributed by atoms with E-state index >= 15 is 0 Å². The number of hydrogen-bond donors (Lipinski definition) is 3. The summed E-state index contributed by atoms with van der Waals surface area (Å²) in [4.78, 5) is 16.1. The Morgan fingerprint density at radius 3 is 2.86 bits per heavy atom. The van der Waals surface area contributed by atoms with Crippen molar-refractivity contribution in [3.05, 3.63) is 11.7 Å². The number of amides is 1. The van der Waals surface area contributed by atoms with Crippen molar-refractivity contribution in [2.45, 2.75) is 70.1 Å². The fourth-order valence-electron chi connectivity index (χ4n) is 2.42. The third-order valence-electron chi connectivity index (χ3n) is 3.73. The standard InChI is InChI=1S/C14H23N3O4/c1-8(2)14-16-12(21-17-14)7-6-11(19)15-9-4-3-5-10(18)13(9)20/h8-10,13,18,20H,3-7H2,1-2H3,(H,15,19)/t9-,10-,13-/m1/s1. The fourth-order valence-corrected chi connectivity index (χ4v) is 2.42. The van der Waals surface area contributed by atoms with E-state index in [9.17, 15) is 15.0 Å². The second-order valence-corrected chi connectivity index (χ2v) is 5.86. The molecule has 0 bridgehead atoms. The molecule has 1 amide bonds. The number of carbonyl (C=O) groups excluding carboxylic acids is 1. The highest BCUT2D eigenvalue weighted by Gasteiger charge is 2.31. The molecule has 1 aliphatic rings. The van der Waals surface area contributed by atoms with Gasteiger partial charge in [0.25, 0.3) is 0 Å². The minimum atomic E-state index is -0.890. The summed E-state index contributed by atoms with van der Waals surface area (Å²) in [7, 11) is 0. The van der Waals surface area contributed by atoms with Crippen molar-refractivity contribution in [3.63, 3.8) is 0 Å². The Bertz CT molecular complexity index is 475. The van der Waals surface area contributed by atoms with Crippen LogP contribution in [0, 0.1) is 0 Å². The molecule has 0 spiro atoms. The summed E-state index contributed by atoms with van der Waals surface area (Å²) in [6.45, 7) is 3.94. The quantitative estimate of drug-likeness (QED) is 0.731. The molecular weight excluding hydrogens is 274 g/mol. The molecule has 7 heteroatoms. The van der Waals surface area contributed by atoms with E-state index in [-0.39, 0.29) is 24.3 Å². The normalized spacial score (nSPS) is 26.0. The Kier molecular flexibility index (Phi) is 5.30. The molecule has 1 aromatic rings. The fraction of sp³-hybridized carbons (Fsp3) is 0.786. The van der Waals surface area contributed by atoms with E-state index < -0.39 is 12.2 Å². The predicted octanol–water partition coefficient (Wildman–Crippen LogP) is 0.516. The molecule has 1 heterocycles. The van der Waals surface area contributed by atoms with Gasteiger partial charge in [0.15, 0.2) is 5.82 Å². The molecule has 0 aromatic carbocycles. The van der Waals surface area contributed by atoms with Gasteiger partial charge in [0.05, 0.1) is 18.2 Å². The summed E-state index contributed by atoms with van der Waals surface area (Å²) in [5.74, 6) is 1.09. The first-order valence-electron chi connectivity index (χ1n) is 7.45. The summed E-state index contributed by atoms with van der Waals surface area (Å²) in [5, 5.41) is 26.0. The van der Waals surface area contributed by atoms with E-state index in [1.165, 1.54) is 0 Å². The Morgan fingerprint density at radius 1 is 1.43 bits per heavy atom. The second kappa shape index (κ2) is 7.00. The molecule has 1 aromatic heterocycles. The van der Waals surface area contributed by atoms with E-state index in [0.29, 0.717) is 31.0 Å². The molecule has 1 saturated carbocycles. The molecule has 0 aliphatic heterocycles. The van der Waals surface area contributed by atoms with Crippen molar-refractivity contribution in [1.82, 2.24) is 15.5 Å². The highest BCUT2D eigenvalue weighted by atomic mass is 16.5. The lowest BCUT2D eigenvalue weighted by Crippen LogP contribution is -2.51. The lowest BCUT2D eigenvalue weighted by Gasteiger charge is -2.32. The van der Waals surface area contributed by atoms with Gasteiger partial charge in [0, 0.05) is 18.8 Å². The predicted molar refractivity (Wildman–Crippen MR) is 74.5 cm³/mol. The first-order valence-corrected chi connectivity index (χ1v) is 7.45. The zero-order chi connectivity index (χ0) is 15.4. The third kappa shape index (κ3) is 4.25. The molecule has 7 nitrogen and oxygen atoms in total. The summed E-state index contributed by atoms with van der Waals surface area (Å²) in [5.41, 5.74) is 0. The summed E-state index contributed by atoms with van der Waals surface area (Å²) >= 11 is 0. The monoisotopic (exact) mass is 297 g/mol. The van der Waals surface area contributed by atoms with Gasteiger partial charge in [0.2, 0.25) is 11.8 Å². The minimum Gasteiger partial charge on any atom is -0.390 e. The zero-order valence-corrected chi connectivity index (χ0v) is 12.5. The van der Waals surface area contributed by atoms with Crippen LogP contribution >= 0.6 is 0 Å². The molecule has 21 heavy (non-hydrogen) atoms. The number of aryl methyl sites for hydroxylation is 1. The first-order chi connectivity index (χ1) is 9.97. The van der Waals surface area contributed by atoms with Crippen LogP contribution in [0.3, 0.4) is 0 Å². The van der Waals surface area contributed by atoms with Gasteiger partial charge in [0.1, 0.15) is 0 Å². The Morgan fingerprint density at radius 2 is 2.19 bits per heavy atom. The van der Waals surface area contributed by atoms with Crippen molar-refractivity contribution >= 4 is 5.91 Å². The number of aliphatic hydroxyl groups is 2. The average molecular weight is 297 g/mol. The van der Waals surface area contributed by atoms with Crippen LogP contribution < -0.4 is 5.32 Å². The molecule has 2 rings (SSSR count). The highest BCUT2D eigenvalue weighted by Crippen LogP contribution is 2.19. The summed E-state index contributed by atoms with van der Waals surface area (Å²) in [6.07, 6.45) is 1.00. The van der Waals surface area contributed by atoms with E-state index in [1.54, 1.807) is 0 Å². The topological polar surface area (TPSA) is 108 Å². The third-order valence-corrected chi connectivity index (χ3v) is 3.73. The number of nitrogens with one attached hydrogen (secondary N) is 1. The van der Waals surface area contributed by atoms with E-state index in [4.69, 9.17) is 4.52 Å². The van der Waals surface area contributed by atoms with Crippen LogP contribution in [0.25, 0.3) is 0 Å².